The molecule has 0 radical (unpaired) electrons. The molecule has 2 aromatic rings. The quantitative estimate of drug-likeness (QED) is 0.385. The van der Waals surface area contributed by atoms with Gasteiger partial charge >= 0.3 is 0 Å². The Balaban J connectivity index is 1.89. The Morgan fingerprint density at radius 2 is 2.14 bits per heavy atom. The third-order valence-electron chi connectivity index (χ3n) is 4.84. The number of thioether (sulfide) groups is 1. The number of fused-ring (bicyclic) bond motifs is 3. The van der Waals surface area contributed by atoms with E-state index in [4.69, 9.17) is 4.98 Å². The number of hydrogen-bond acceptors (Lipinski definition) is 6. The molecule has 0 aliphatic heterocycles. The van der Waals surface area contributed by atoms with Crippen molar-refractivity contribution in [3.8, 4) is 0 Å². The molecule has 0 spiro atoms. The lowest BCUT2D eigenvalue weighted by atomic mass is 9.89. The molecule has 9 heteroatoms. The van der Waals surface area contributed by atoms with Gasteiger partial charge in [-0.05, 0) is 43.1 Å². The highest BCUT2D eigenvalue weighted by atomic mass is 32.2. The summed E-state index contributed by atoms with van der Waals surface area (Å²) in [5, 5.41) is 1.58. The number of rotatable bonds is 8. The molecule has 2 aromatic heterocycles. The van der Waals surface area contributed by atoms with Gasteiger partial charge in [-0.15, -0.1) is 11.3 Å². The van der Waals surface area contributed by atoms with E-state index < -0.39 is 10.0 Å². The third-order valence-corrected chi connectivity index (χ3v) is 7.78. The molecule has 1 aliphatic carbocycles. The van der Waals surface area contributed by atoms with Crippen molar-refractivity contribution in [1.82, 2.24) is 14.3 Å². The van der Waals surface area contributed by atoms with E-state index in [1.54, 1.807) is 11.3 Å². The summed E-state index contributed by atoms with van der Waals surface area (Å²) in [4.78, 5) is 20.4. The number of aryl methyl sites for hydroxylation is 1. The fourth-order valence-electron chi connectivity index (χ4n) is 3.53. The van der Waals surface area contributed by atoms with Crippen molar-refractivity contribution in [3.05, 3.63) is 20.8 Å². The molecular formula is C19H29N3O3S3. The van der Waals surface area contributed by atoms with Crippen LogP contribution in [0.1, 0.15) is 44.1 Å². The second kappa shape index (κ2) is 8.85. The maximum absolute atomic E-state index is 13.3. The topological polar surface area (TPSA) is 81.1 Å². The smallest absolute Gasteiger partial charge is 0.263 e. The Morgan fingerprint density at radius 1 is 1.39 bits per heavy atom. The second-order valence-corrected chi connectivity index (χ2v) is 12.1. The second-order valence-electron chi connectivity index (χ2n) is 8.10. The Bertz CT molecular complexity index is 1010. The van der Waals surface area contributed by atoms with E-state index in [2.05, 4.69) is 25.5 Å². The molecule has 156 valence electrons. The van der Waals surface area contributed by atoms with Crippen LogP contribution in [0.5, 0.6) is 0 Å². The van der Waals surface area contributed by atoms with Gasteiger partial charge in [0.15, 0.2) is 5.16 Å². The largest absolute Gasteiger partial charge is 0.287 e. The van der Waals surface area contributed by atoms with Crippen molar-refractivity contribution in [3.63, 3.8) is 0 Å². The molecular weight excluding hydrogens is 414 g/mol. The Hall–Kier alpha value is -0.900. The molecule has 0 saturated heterocycles. The van der Waals surface area contributed by atoms with E-state index in [9.17, 15) is 13.2 Å². The Morgan fingerprint density at radius 3 is 2.82 bits per heavy atom. The zero-order chi connectivity index (χ0) is 20.5. The van der Waals surface area contributed by atoms with Gasteiger partial charge < -0.3 is 0 Å². The van der Waals surface area contributed by atoms with Crippen molar-refractivity contribution >= 4 is 43.3 Å². The van der Waals surface area contributed by atoms with Crippen molar-refractivity contribution in [2.75, 3.05) is 18.6 Å². The highest BCUT2D eigenvalue weighted by molar-refractivity contribution is 7.99. The Kier molecular flexibility index (Phi) is 6.89. The first-order chi connectivity index (χ1) is 13.2. The van der Waals surface area contributed by atoms with Gasteiger partial charge in [0.2, 0.25) is 10.0 Å². The molecule has 28 heavy (non-hydrogen) atoms. The highest BCUT2D eigenvalue weighted by Gasteiger charge is 2.24. The highest BCUT2D eigenvalue weighted by Crippen LogP contribution is 2.36. The fraction of sp³-hybridized carbons (Fsp3) is 0.684. The van der Waals surface area contributed by atoms with Crippen LogP contribution in [0.4, 0.5) is 0 Å². The third kappa shape index (κ3) is 5.17. The summed E-state index contributed by atoms with van der Waals surface area (Å²) >= 11 is 3.22. The van der Waals surface area contributed by atoms with Gasteiger partial charge in [-0.1, -0.05) is 32.5 Å². The monoisotopic (exact) mass is 443 g/mol. The number of sulfonamides is 1. The first-order valence-electron chi connectivity index (χ1n) is 9.78. The van der Waals surface area contributed by atoms with Crippen LogP contribution >= 0.6 is 23.1 Å². The van der Waals surface area contributed by atoms with Gasteiger partial charge in [-0.2, -0.15) is 0 Å². The van der Waals surface area contributed by atoms with Crippen molar-refractivity contribution in [2.45, 2.75) is 58.2 Å². The molecule has 3 rings (SSSR count). The van der Waals surface area contributed by atoms with Gasteiger partial charge in [-0.3, -0.25) is 9.36 Å². The number of aromatic nitrogens is 2. The van der Waals surface area contributed by atoms with E-state index in [1.165, 1.54) is 22.2 Å². The predicted octanol–water partition coefficient (Wildman–Crippen LogP) is 3.27. The van der Waals surface area contributed by atoms with Crippen LogP contribution in [0.15, 0.2) is 9.95 Å². The molecule has 1 aliphatic rings. The lowest BCUT2D eigenvalue weighted by Gasteiger charge is -2.18. The van der Waals surface area contributed by atoms with Gasteiger partial charge in [-0.25, -0.2) is 18.1 Å². The van der Waals surface area contributed by atoms with E-state index in [0.717, 1.165) is 40.9 Å². The van der Waals surface area contributed by atoms with E-state index in [1.807, 2.05) is 4.57 Å². The number of nitrogens with zero attached hydrogens (tertiary/aromatic N) is 2. The first kappa shape index (κ1) is 21.8. The number of hydrogen-bond donors (Lipinski definition) is 1. The zero-order valence-corrected chi connectivity index (χ0v) is 19.4. The fourth-order valence-corrected chi connectivity index (χ4v) is 6.42. The minimum Gasteiger partial charge on any atom is -0.287 e. The Labute approximate surface area is 175 Å². The van der Waals surface area contributed by atoms with E-state index >= 15 is 0 Å². The molecule has 1 unspecified atom stereocenters. The summed E-state index contributed by atoms with van der Waals surface area (Å²) in [6, 6.07) is 0. The molecule has 1 atom stereocenters. The van der Waals surface area contributed by atoms with Crippen LogP contribution < -0.4 is 10.3 Å². The van der Waals surface area contributed by atoms with E-state index in [-0.39, 0.29) is 5.56 Å². The van der Waals surface area contributed by atoms with Crippen molar-refractivity contribution in [2.24, 2.45) is 11.8 Å². The first-order valence-corrected chi connectivity index (χ1v) is 13.5. The van der Waals surface area contributed by atoms with Crippen LogP contribution in [0.25, 0.3) is 10.2 Å². The van der Waals surface area contributed by atoms with Gasteiger partial charge in [0.05, 0.1) is 11.6 Å². The number of thiophene rings is 1. The van der Waals surface area contributed by atoms with Gasteiger partial charge in [0.25, 0.3) is 5.56 Å². The molecule has 0 bridgehead atoms. The minimum absolute atomic E-state index is 0.0857. The summed E-state index contributed by atoms with van der Waals surface area (Å²) in [6.45, 7) is 7.52. The van der Waals surface area contributed by atoms with Crippen LogP contribution in [-0.2, 0) is 29.4 Å². The lowest BCUT2D eigenvalue weighted by molar-refractivity contribution is 0.474. The van der Waals surface area contributed by atoms with Crippen LogP contribution in [0.3, 0.4) is 0 Å². The molecule has 0 saturated carbocycles. The normalized spacial score (nSPS) is 17.4. The van der Waals surface area contributed by atoms with E-state index in [0.29, 0.717) is 37.1 Å². The minimum atomic E-state index is -3.16. The molecule has 2 heterocycles. The standard InChI is InChI=1S/C19H29N3O3S3/c1-12(2)11-22-18(23)16-14-7-6-13(3)10-15(14)27-17(16)21-19(22)26-9-5-8-20-28(4,24)25/h12-13,20H,5-11H2,1-4H3. The zero-order valence-electron chi connectivity index (χ0n) is 16.9. The van der Waals surface area contributed by atoms with Crippen molar-refractivity contribution < 1.29 is 8.42 Å². The van der Waals surface area contributed by atoms with Crippen LogP contribution in [0, 0.1) is 11.8 Å². The summed E-state index contributed by atoms with van der Waals surface area (Å²) in [6.07, 6.45) is 4.99. The SMILES string of the molecule is CC(C)Cn1c(SCCCNS(C)(=O)=O)nc2sc3c(c2c1=O)CCC(C)C3. The molecule has 0 fully saturated rings. The maximum atomic E-state index is 13.3. The molecule has 0 aromatic carbocycles. The summed E-state index contributed by atoms with van der Waals surface area (Å²) in [5.41, 5.74) is 1.31. The van der Waals surface area contributed by atoms with Crippen LogP contribution in [0.2, 0.25) is 0 Å². The average molecular weight is 444 g/mol. The lowest BCUT2D eigenvalue weighted by Crippen LogP contribution is -2.26. The average Bonchev–Trinajstić information content (AvgIpc) is 2.93. The summed E-state index contributed by atoms with van der Waals surface area (Å²) in [7, 11) is -3.16. The number of nitrogens with one attached hydrogen (secondary N) is 1. The summed E-state index contributed by atoms with van der Waals surface area (Å²) in [5.74, 6) is 1.72. The molecule has 1 N–H and O–H groups in total. The predicted molar refractivity (Wildman–Crippen MR) is 118 cm³/mol. The molecule has 0 amide bonds. The van der Waals surface area contributed by atoms with Gasteiger partial charge in [0, 0.05) is 23.7 Å². The summed E-state index contributed by atoms with van der Waals surface area (Å²) < 4.78 is 26.7. The van der Waals surface area contributed by atoms with Crippen LogP contribution in [-0.4, -0.2) is 36.5 Å². The maximum Gasteiger partial charge on any atom is 0.263 e. The van der Waals surface area contributed by atoms with Gasteiger partial charge in [0.1, 0.15) is 4.83 Å². The van der Waals surface area contributed by atoms with Crippen molar-refractivity contribution in [1.29, 1.82) is 0 Å². The molecule has 6 nitrogen and oxygen atoms in total.